The lowest BCUT2D eigenvalue weighted by molar-refractivity contribution is -0.00112. The summed E-state index contributed by atoms with van der Waals surface area (Å²) in [6.07, 6.45) is 1.55. The summed E-state index contributed by atoms with van der Waals surface area (Å²) in [7, 11) is 1.56. The van der Waals surface area contributed by atoms with Crippen molar-refractivity contribution in [3.63, 3.8) is 0 Å². The Morgan fingerprint density at radius 1 is 1.14 bits per heavy atom. The van der Waals surface area contributed by atoms with Crippen LogP contribution in [0, 0.1) is 6.92 Å². The zero-order valence-electron chi connectivity index (χ0n) is 15.9. The number of aryl methyl sites for hydroxylation is 1. The molecule has 1 aliphatic rings. The van der Waals surface area contributed by atoms with E-state index in [0.717, 1.165) is 11.3 Å². The van der Waals surface area contributed by atoms with Crippen molar-refractivity contribution in [2.24, 2.45) is 0 Å². The first-order valence-electron chi connectivity index (χ1n) is 9.16. The zero-order valence-corrected chi connectivity index (χ0v) is 15.9. The lowest BCUT2D eigenvalue weighted by Gasteiger charge is -2.24. The highest BCUT2D eigenvalue weighted by Gasteiger charge is 2.27. The van der Waals surface area contributed by atoms with Gasteiger partial charge in [-0.3, -0.25) is 0 Å². The summed E-state index contributed by atoms with van der Waals surface area (Å²) in [6, 6.07) is 11.9. The molecule has 29 heavy (non-hydrogen) atoms. The smallest absolute Gasteiger partial charge is 0.259 e. The van der Waals surface area contributed by atoms with Crippen LogP contribution in [-0.4, -0.2) is 37.2 Å². The average molecular weight is 390 g/mol. The number of aromatic nitrogens is 6. The van der Waals surface area contributed by atoms with Gasteiger partial charge in [0, 0.05) is 12.3 Å². The summed E-state index contributed by atoms with van der Waals surface area (Å²) in [4.78, 5) is 8.60. The predicted molar refractivity (Wildman–Crippen MR) is 102 cm³/mol. The maximum absolute atomic E-state index is 6.06. The van der Waals surface area contributed by atoms with Crippen molar-refractivity contribution in [1.29, 1.82) is 0 Å². The summed E-state index contributed by atoms with van der Waals surface area (Å²) < 4.78 is 18.3. The standard InChI is InChI=1S/C20H18N6O3/c1-12-3-5-13(6-4-12)16-10-26-15(11-28-16)18(23-25-26)19-22-20(29-24-19)14-7-8-17(27-2)21-9-14/h3-9,16H,10-11H2,1-2H3. The molecular formula is C20H18N6O3. The number of hydrogen-bond donors (Lipinski definition) is 0. The molecule has 0 bridgehead atoms. The summed E-state index contributed by atoms with van der Waals surface area (Å²) >= 11 is 0. The van der Waals surface area contributed by atoms with E-state index in [2.05, 4.69) is 56.6 Å². The lowest BCUT2D eigenvalue weighted by Crippen LogP contribution is -2.22. The Balaban J connectivity index is 1.39. The molecule has 0 radical (unpaired) electrons. The van der Waals surface area contributed by atoms with E-state index >= 15 is 0 Å². The second-order valence-electron chi connectivity index (χ2n) is 6.79. The van der Waals surface area contributed by atoms with Gasteiger partial charge in [0.25, 0.3) is 5.89 Å². The van der Waals surface area contributed by atoms with E-state index in [0.29, 0.717) is 42.0 Å². The Bertz CT molecular complexity index is 1130. The van der Waals surface area contributed by atoms with E-state index < -0.39 is 0 Å². The largest absolute Gasteiger partial charge is 0.481 e. The van der Waals surface area contributed by atoms with Crippen molar-refractivity contribution in [1.82, 2.24) is 30.1 Å². The van der Waals surface area contributed by atoms with Gasteiger partial charge in [-0.15, -0.1) is 5.10 Å². The number of fused-ring (bicyclic) bond motifs is 1. The van der Waals surface area contributed by atoms with E-state index in [4.69, 9.17) is 14.0 Å². The number of pyridine rings is 1. The number of hydrogen-bond acceptors (Lipinski definition) is 8. The maximum atomic E-state index is 6.06. The topological polar surface area (TPSA) is 101 Å². The fourth-order valence-corrected chi connectivity index (χ4v) is 3.23. The van der Waals surface area contributed by atoms with Gasteiger partial charge in [-0.1, -0.05) is 40.2 Å². The molecule has 0 fully saturated rings. The molecule has 1 atom stereocenters. The minimum absolute atomic E-state index is 0.0659. The fourth-order valence-electron chi connectivity index (χ4n) is 3.23. The van der Waals surface area contributed by atoms with Crippen molar-refractivity contribution in [3.05, 3.63) is 59.4 Å². The molecule has 0 spiro atoms. The molecule has 9 heteroatoms. The molecular weight excluding hydrogens is 372 g/mol. The minimum Gasteiger partial charge on any atom is -0.481 e. The number of benzene rings is 1. The van der Waals surface area contributed by atoms with Gasteiger partial charge < -0.3 is 14.0 Å². The van der Waals surface area contributed by atoms with Crippen LogP contribution in [0.25, 0.3) is 23.0 Å². The third-order valence-corrected chi connectivity index (χ3v) is 4.88. The normalized spacial score (nSPS) is 15.9. The monoisotopic (exact) mass is 390 g/mol. The van der Waals surface area contributed by atoms with Crippen LogP contribution in [-0.2, 0) is 17.9 Å². The summed E-state index contributed by atoms with van der Waals surface area (Å²) in [5.74, 6) is 1.24. The Kier molecular flexibility index (Phi) is 4.28. The second-order valence-corrected chi connectivity index (χ2v) is 6.79. The molecule has 3 aromatic heterocycles. The maximum Gasteiger partial charge on any atom is 0.259 e. The number of ether oxygens (including phenoxy) is 2. The third kappa shape index (κ3) is 3.25. The Morgan fingerprint density at radius 2 is 2.00 bits per heavy atom. The summed E-state index contributed by atoms with van der Waals surface area (Å²) in [5.41, 5.74) is 4.42. The number of nitrogens with zero attached hydrogens (tertiary/aromatic N) is 6. The molecule has 5 rings (SSSR count). The average Bonchev–Trinajstić information content (AvgIpc) is 3.41. The molecule has 0 saturated heterocycles. The second kappa shape index (κ2) is 7.10. The molecule has 9 nitrogen and oxygen atoms in total. The van der Waals surface area contributed by atoms with Crippen LogP contribution in [0.3, 0.4) is 0 Å². The van der Waals surface area contributed by atoms with Crippen LogP contribution in [0.4, 0.5) is 0 Å². The molecule has 0 N–H and O–H groups in total. The Hall–Kier alpha value is -3.59. The fraction of sp³-hybridized carbons (Fsp3) is 0.250. The molecule has 0 saturated carbocycles. The molecule has 1 aromatic carbocycles. The number of rotatable bonds is 4. The van der Waals surface area contributed by atoms with Crippen molar-refractivity contribution < 1.29 is 14.0 Å². The van der Waals surface area contributed by atoms with Gasteiger partial charge in [0.15, 0.2) is 5.69 Å². The van der Waals surface area contributed by atoms with Crippen LogP contribution >= 0.6 is 0 Å². The lowest BCUT2D eigenvalue weighted by atomic mass is 10.1. The molecule has 4 aromatic rings. The molecule has 1 unspecified atom stereocenters. The summed E-state index contributed by atoms with van der Waals surface area (Å²) in [6.45, 7) is 3.02. The van der Waals surface area contributed by atoms with Crippen LogP contribution in [0.1, 0.15) is 22.9 Å². The van der Waals surface area contributed by atoms with Gasteiger partial charge in [0.05, 0.1) is 31.5 Å². The van der Waals surface area contributed by atoms with Crippen molar-refractivity contribution in [2.45, 2.75) is 26.2 Å². The van der Waals surface area contributed by atoms with Crippen LogP contribution < -0.4 is 4.74 Å². The van der Waals surface area contributed by atoms with Crippen LogP contribution in [0.15, 0.2) is 47.1 Å². The van der Waals surface area contributed by atoms with E-state index in [1.165, 1.54) is 5.56 Å². The number of methoxy groups -OCH3 is 1. The van der Waals surface area contributed by atoms with Gasteiger partial charge in [-0.05, 0) is 18.6 Å². The first-order chi connectivity index (χ1) is 14.2. The third-order valence-electron chi connectivity index (χ3n) is 4.88. The first kappa shape index (κ1) is 17.5. The first-order valence-corrected chi connectivity index (χ1v) is 9.16. The van der Waals surface area contributed by atoms with Gasteiger partial charge in [0.2, 0.25) is 11.7 Å². The van der Waals surface area contributed by atoms with E-state index in [1.54, 1.807) is 25.4 Å². The van der Waals surface area contributed by atoms with E-state index in [9.17, 15) is 0 Å². The quantitative estimate of drug-likeness (QED) is 0.524. The summed E-state index contributed by atoms with van der Waals surface area (Å²) in [5, 5.41) is 12.6. The van der Waals surface area contributed by atoms with Gasteiger partial charge in [-0.25, -0.2) is 9.67 Å². The van der Waals surface area contributed by atoms with Crippen LogP contribution in [0.5, 0.6) is 5.88 Å². The van der Waals surface area contributed by atoms with Crippen molar-refractivity contribution >= 4 is 0 Å². The Labute approximate surface area is 166 Å². The molecule has 0 amide bonds. The Morgan fingerprint density at radius 3 is 2.76 bits per heavy atom. The van der Waals surface area contributed by atoms with Gasteiger partial charge in [-0.2, -0.15) is 4.98 Å². The highest BCUT2D eigenvalue weighted by molar-refractivity contribution is 5.58. The minimum atomic E-state index is -0.0659. The zero-order chi connectivity index (χ0) is 19.8. The van der Waals surface area contributed by atoms with Gasteiger partial charge in [0.1, 0.15) is 6.10 Å². The molecule has 146 valence electrons. The van der Waals surface area contributed by atoms with E-state index in [1.807, 2.05) is 4.68 Å². The molecule has 4 heterocycles. The van der Waals surface area contributed by atoms with Crippen molar-refractivity contribution in [2.75, 3.05) is 7.11 Å². The van der Waals surface area contributed by atoms with E-state index in [-0.39, 0.29) is 6.10 Å². The van der Waals surface area contributed by atoms with Gasteiger partial charge >= 0.3 is 0 Å². The molecule has 1 aliphatic heterocycles. The highest BCUT2D eigenvalue weighted by Crippen LogP contribution is 2.30. The predicted octanol–water partition coefficient (Wildman–Crippen LogP) is 2.98. The SMILES string of the molecule is COc1ccc(-c2nc(-c3nnn4c3COC(c3ccc(C)cc3)C4)no2)cn1. The molecule has 0 aliphatic carbocycles. The highest BCUT2D eigenvalue weighted by atomic mass is 16.5. The van der Waals surface area contributed by atoms with Crippen molar-refractivity contribution in [3.8, 4) is 28.9 Å². The van der Waals surface area contributed by atoms with Crippen LogP contribution in [0.2, 0.25) is 0 Å².